The van der Waals surface area contributed by atoms with E-state index in [9.17, 15) is 44.6 Å². The van der Waals surface area contributed by atoms with E-state index in [1.807, 2.05) is 0 Å². The van der Waals surface area contributed by atoms with Gasteiger partial charge in [0.25, 0.3) is 5.41 Å². The summed E-state index contributed by atoms with van der Waals surface area (Å²) in [5, 5.41) is 9.44. The van der Waals surface area contributed by atoms with Gasteiger partial charge in [-0.2, -0.15) is 39.5 Å². The predicted octanol–water partition coefficient (Wildman–Crippen LogP) is 4.40. The maximum Gasteiger partial charge on any atom is 0.415 e. The SMILES string of the molecule is COc1cccc(C(O)C(C(F)(F)F)(C(F)(F)F)C(F)(F)F)c1. The van der Waals surface area contributed by atoms with E-state index in [4.69, 9.17) is 0 Å². The molecule has 0 aliphatic rings. The number of rotatable bonds is 3. The maximum atomic E-state index is 12.9. The topological polar surface area (TPSA) is 29.5 Å². The minimum Gasteiger partial charge on any atom is -0.497 e. The highest BCUT2D eigenvalue weighted by Gasteiger charge is 2.86. The van der Waals surface area contributed by atoms with Crippen LogP contribution in [0.4, 0.5) is 39.5 Å². The smallest absolute Gasteiger partial charge is 0.415 e. The van der Waals surface area contributed by atoms with Gasteiger partial charge in [0, 0.05) is 0 Å². The van der Waals surface area contributed by atoms with Crippen molar-refractivity contribution in [2.24, 2.45) is 5.41 Å². The average Bonchev–Trinajstić information content (AvgIpc) is 2.34. The maximum absolute atomic E-state index is 12.9. The Balaban J connectivity index is 3.69. The van der Waals surface area contributed by atoms with Gasteiger partial charge in [0.1, 0.15) is 11.9 Å². The summed E-state index contributed by atoms with van der Waals surface area (Å²) in [6.07, 6.45) is -24.5. The van der Waals surface area contributed by atoms with Crippen molar-refractivity contribution in [3.63, 3.8) is 0 Å². The van der Waals surface area contributed by atoms with Gasteiger partial charge in [-0.25, -0.2) is 0 Å². The second kappa shape index (κ2) is 5.77. The molecule has 0 aliphatic heterocycles. The summed E-state index contributed by atoms with van der Waals surface area (Å²) in [4.78, 5) is 0. The fraction of sp³-hybridized carbons (Fsp3) is 0.500. The van der Waals surface area contributed by atoms with Crippen LogP contribution in [0.2, 0.25) is 0 Å². The fourth-order valence-corrected chi connectivity index (χ4v) is 2.01. The van der Waals surface area contributed by atoms with Crippen LogP contribution in [-0.2, 0) is 0 Å². The lowest BCUT2D eigenvalue weighted by Gasteiger charge is -2.41. The molecule has 1 aromatic rings. The second-order valence-electron chi connectivity index (χ2n) is 4.48. The van der Waals surface area contributed by atoms with Gasteiger partial charge in [-0.1, -0.05) is 12.1 Å². The van der Waals surface area contributed by atoms with Crippen molar-refractivity contribution in [1.82, 2.24) is 0 Å². The zero-order chi connectivity index (χ0) is 18.3. The van der Waals surface area contributed by atoms with Crippen molar-refractivity contribution < 1.29 is 49.4 Å². The molecule has 1 rings (SSSR count). The first kappa shape index (κ1) is 19.4. The van der Waals surface area contributed by atoms with Crippen LogP contribution in [0.25, 0.3) is 0 Å². The van der Waals surface area contributed by atoms with Crippen LogP contribution in [0.15, 0.2) is 24.3 Å². The number of methoxy groups -OCH3 is 1. The minimum absolute atomic E-state index is 0.318. The molecule has 0 saturated carbocycles. The third-order valence-electron chi connectivity index (χ3n) is 3.16. The summed E-state index contributed by atoms with van der Waals surface area (Å²) in [5.74, 6) is -0.318. The summed E-state index contributed by atoms with van der Waals surface area (Å²) < 4.78 is 120. The molecule has 2 nitrogen and oxygen atoms in total. The third-order valence-corrected chi connectivity index (χ3v) is 3.16. The molecule has 1 aromatic carbocycles. The summed E-state index contributed by atoms with van der Waals surface area (Å²) in [7, 11) is 0.996. The summed E-state index contributed by atoms with van der Waals surface area (Å²) >= 11 is 0. The number of benzene rings is 1. The van der Waals surface area contributed by atoms with Crippen LogP contribution in [-0.4, -0.2) is 30.7 Å². The molecule has 0 aliphatic carbocycles. The predicted molar refractivity (Wildman–Crippen MR) is 58.6 cm³/mol. The van der Waals surface area contributed by atoms with E-state index >= 15 is 0 Å². The van der Waals surface area contributed by atoms with Gasteiger partial charge in [0.05, 0.1) is 7.11 Å². The molecule has 0 radical (unpaired) electrons. The molecule has 1 unspecified atom stereocenters. The van der Waals surface area contributed by atoms with E-state index in [-0.39, 0.29) is 5.75 Å². The van der Waals surface area contributed by atoms with E-state index < -0.39 is 35.6 Å². The Morgan fingerprint density at radius 1 is 0.870 bits per heavy atom. The lowest BCUT2D eigenvalue weighted by atomic mass is 9.76. The van der Waals surface area contributed by atoms with Crippen LogP contribution in [0.3, 0.4) is 0 Å². The Morgan fingerprint density at radius 2 is 1.30 bits per heavy atom. The molecular weight excluding hydrogens is 347 g/mol. The van der Waals surface area contributed by atoms with Crippen LogP contribution in [0, 0.1) is 5.41 Å². The molecule has 0 saturated heterocycles. The lowest BCUT2D eigenvalue weighted by Crippen LogP contribution is -2.62. The van der Waals surface area contributed by atoms with Crippen molar-refractivity contribution in [3.8, 4) is 5.75 Å². The van der Waals surface area contributed by atoms with Crippen molar-refractivity contribution in [2.45, 2.75) is 24.6 Å². The van der Waals surface area contributed by atoms with Crippen molar-refractivity contribution in [3.05, 3.63) is 29.8 Å². The largest absolute Gasteiger partial charge is 0.497 e. The van der Waals surface area contributed by atoms with Crippen LogP contribution in [0.1, 0.15) is 11.7 Å². The van der Waals surface area contributed by atoms with Crippen molar-refractivity contribution in [2.75, 3.05) is 7.11 Å². The number of hydrogen-bond acceptors (Lipinski definition) is 2. The van der Waals surface area contributed by atoms with Crippen LogP contribution >= 0.6 is 0 Å². The first-order valence-corrected chi connectivity index (χ1v) is 5.72. The Morgan fingerprint density at radius 3 is 1.65 bits per heavy atom. The zero-order valence-electron chi connectivity index (χ0n) is 11.1. The number of aliphatic hydroxyl groups excluding tert-OH is 1. The fourth-order valence-electron chi connectivity index (χ4n) is 2.01. The molecule has 23 heavy (non-hydrogen) atoms. The summed E-state index contributed by atoms with van der Waals surface area (Å²) in [6.45, 7) is 0. The standard InChI is InChI=1S/C12H9F9O2/c1-23-7-4-2-3-6(5-7)8(22)9(10(13,14)15,11(16,17)18)12(19,20)21/h2-5,8,22H,1H3. The van der Waals surface area contributed by atoms with Crippen molar-refractivity contribution in [1.29, 1.82) is 0 Å². The second-order valence-corrected chi connectivity index (χ2v) is 4.48. The molecule has 0 bridgehead atoms. The van der Waals surface area contributed by atoms with E-state index in [0.29, 0.717) is 12.1 Å². The minimum atomic E-state index is -6.84. The molecule has 11 heteroatoms. The molecule has 0 fully saturated rings. The lowest BCUT2D eigenvalue weighted by molar-refractivity contribution is -0.449. The van der Waals surface area contributed by atoms with Crippen molar-refractivity contribution >= 4 is 0 Å². The molecule has 0 aromatic heterocycles. The van der Waals surface area contributed by atoms with Gasteiger partial charge in [0.15, 0.2) is 0 Å². The van der Waals surface area contributed by atoms with Gasteiger partial charge >= 0.3 is 18.5 Å². The van der Waals surface area contributed by atoms with E-state index in [0.717, 1.165) is 19.2 Å². The van der Waals surface area contributed by atoms with Crippen LogP contribution in [0.5, 0.6) is 5.75 Å². The molecule has 0 heterocycles. The molecule has 0 amide bonds. The number of ether oxygens (including phenoxy) is 1. The quantitative estimate of drug-likeness (QED) is 0.814. The average molecular weight is 356 g/mol. The first-order chi connectivity index (χ1) is 10.2. The zero-order valence-corrected chi connectivity index (χ0v) is 11.1. The highest BCUT2D eigenvalue weighted by atomic mass is 19.4. The summed E-state index contributed by atoms with van der Waals surface area (Å²) in [5.41, 5.74) is -7.57. The van der Waals surface area contributed by atoms with E-state index in [1.54, 1.807) is 0 Å². The molecule has 132 valence electrons. The Labute approximate surface area is 123 Å². The van der Waals surface area contributed by atoms with E-state index in [2.05, 4.69) is 4.74 Å². The number of alkyl halides is 9. The normalized spacial score (nSPS) is 15.4. The highest BCUT2D eigenvalue weighted by Crippen LogP contribution is 2.65. The molecular formula is C12H9F9O2. The first-order valence-electron chi connectivity index (χ1n) is 5.72. The summed E-state index contributed by atoms with van der Waals surface area (Å²) in [6, 6.07) is 2.89. The third kappa shape index (κ3) is 3.06. The van der Waals surface area contributed by atoms with E-state index in [1.165, 1.54) is 0 Å². The monoisotopic (exact) mass is 356 g/mol. The van der Waals surface area contributed by atoms with Gasteiger partial charge in [-0.05, 0) is 17.7 Å². The Hall–Kier alpha value is -1.65. The van der Waals surface area contributed by atoms with Crippen LogP contribution < -0.4 is 4.74 Å². The Kier molecular flexibility index (Phi) is 4.86. The van der Waals surface area contributed by atoms with Gasteiger partial charge in [-0.3, -0.25) is 0 Å². The number of hydrogen-bond donors (Lipinski definition) is 1. The molecule has 1 atom stereocenters. The number of halogens is 9. The molecule has 1 N–H and O–H groups in total. The van der Waals surface area contributed by atoms with Gasteiger partial charge < -0.3 is 9.84 Å². The number of aliphatic hydroxyl groups is 1. The van der Waals surface area contributed by atoms with Gasteiger partial charge in [-0.15, -0.1) is 0 Å². The Bertz CT molecular complexity index is 509. The highest BCUT2D eigenvalue weighted by molar-refractivity contribution is 5.32. The molecule has 0 spiro atoms. The van der Waals surface area contributed by atoms with Gasteiger partial charge in [0.2, 0.25) is 0 Å².